The van der Waals surface area contributed by atoms with Gasteiger partial charge in [-0.25, -0.2) is 9.98 Å². The largest absolute Gasteiger partial charge is 0.416 e. The van der Waals surface area contributed by atoms with Crippen LogP contribution in [0.4, 0.5) is 13.2 Å². The van der Waals surface area contributed by atoms with Gasteiger partial charge in [0, 0.05) is 24.2 Å². The zero-order valence-corrected chi connectivity index (χ0v) is 17.7. The standard InChI is InChI=1S/C17H21F3N4S.HI/c1-3-21-16(24-11-15-10-23-12(2)25-15)22-9-8-13-4-6-14(7-5-13)17(18,19)20;/h4-7,10H,3,8-9,11H2,1-2H3,(H2,21,22,24);1H. The third kappa shape index (κ3) is 7.48. The quantitative estimate of drug-likeness (QED) is 0.353. The third-order valence-corrected chi connectivity index (χ3v) is 4.29. The van der Waals surface area contributed by atoms with E-state index in [1.165, 1.54) is 12.1 Å². The lowest BCUT2D eigenvalue weighted by molar-refractivity contribution is -0.137. The second-order valence-corrected chi connectivity index (χ2v) is 6.73. The molecule has 0 unspecified atom stereocenters. The summed E-state index contributed by atoms with van der Waals surface area (Å²) >= 11 is 1.61. The Labute approximate surface area is 172 Å². The highest BCUT2D eigenvalue weighted by Gasteiger charge is 2.29. The van der Waals surface area contributed by atoms with E-state index >= 15 is 0 Å². The van der Waals surface area contributed by atoms with Crippen LogP contribution in [-0.4, -0.2) is 24.0 Å². The van der Waals surface area contributed by atoms with Crippen molar-refractivity contribution in [2.75, 3.05) is 13.1 Å². The summed E-state index contributed by atoms with van der Waals surface area (Å²) in [7, 11) is 0. The minimum absolute atomic E-state index is 0. The summed E-state index contributed by atoms with van der Waals surface area (Å²) in [6.07, 6.45) is -1.87. The van der Waals surface area contributed by atoms with Crippen molar-refractivity contribution >= 4 is 41.3 Å². The topological polar surface area (TPSA) is 49.3 Å². The number of guanidine groups is 1. The molecule has 9 heteroatoms. The SMILES string of the molecule is CCNC(=NCc1cnc(C)s1)NCCc1ccc(C(F)(F)F)cc1.I. The number of aryl methyl sites for hydroxylation is 1. The molecule has 0 aliphatic heterocycles. The van der Waals surface area contributed by atoms with Gasteiger partial charge in [-0.05, 0) is 38.0 Å². The molecule has 0 bridgehead atoms. The molecule has 26 heavy (non-hydrogen) atoms. The molecule has 0 amide bonds. The van der Waals surface area contributed by atoms with Crippen molar-refractivity contribution in [2.24, 2.45) is 4.99 Å². The Morgan fingerprint density at radius 2 is 1.88 bits per heavy atom. The minimum atomic E-state index is -4.29. The molecule has 0 saturated carbocycles. The zero-order chi connectivity index (χ0) is 18.3. The van der Waals surface area contributed by atoms with E-state index in [9.17, 15) is 13.2 Å². The zero-order valence-electron chi connectivity index (χ0n) is 14.6. The summed E-state index contributed by atoms with van der Waals surface area (Å²) in [5.74, 6) is 0.681. The van der Waals surface area contributed by atoms with Gasteiger partial charge in [0.15, 0.2) is 5.96 Å². The predicted molar refractivity (Wildman–Crippen MR) is 110 cm³/mol. The molecule has 0 fully saturated rings. The second-order valence-electron chi connectivity index (χ2n) is 5.41. The summed E-state index contributed by atoms with van der Waals surface area (Å²) in [4.78, 5) is 9.77. The molecule has 2 rings (SSSR count). The number of nitrogens with one attached hydrogen (secondary N) is 2. The summed E-state index contributed by atoms with van der Waals surface area (Å²) in [6, 6.07) is 5.24. The van der Waals surface area contributed by atoms with Crippen molar-refractivity contribution in [3.8, 4) is 0 Å². The Hall–Kier alpha value is -1.36. The van der Waals surface area contributed by atoms with Gasteiger partial charge in [-0.2, -0.15) is 13.2 Å². The Morgan fingerprint density at radius 1 is 1.19 bits per heavy atom. The fourth-order valence-electron chi connectivity index (χ4n) is 2.16. The van der Waals surface area contributed by atoms with Crippen LogP contribution in [0.2, 0.25) is 0 Å². The molecule has 0 aliphatic carbocycles. The maximum atomic E-state index is 12.5. The van der Waals surface area contributed by atoms with E-state index in [1.54, 1.807) is 11.3 Å². The van der Waals surface area contributed by atoms with Crippen LogP contribution in [0.25, 0.3) is 0 Å². The van der Waals surface area contributed by atoms with Crippen molar-refractivity contribution in [3.63, 3.8) is 0 Å². The van der Waals surface area contributed by atoms with Crippen molar-refractivity contribution in [2.45, 2.75) is 33.0 Å². The molecule has 0 aliphatic rings. The van der Waals surface area contributed by atoms with Crippen LogP contribution >= 0.6 is 35.3 Å². The Kier molecular flexibility index (Phi) is 9.34. The first kappa shape index (κ1) is 22.7. The fourth-order valence-corrected chi connectivity index (χ4v) is 2.88. The van der Waals surface area contributed by atoms with Gasteiger partial charge in [0.2, 0.25) is 0 Å². The number of alkyl halides is 3. The molecular formula is C17H22F3IN4S. The maximum absolute atomic E-state index is 12.5. The highest BCUT2D eigenvalue weighted by molar-refractivity contribution is 14.0. The average Bonchev–Trinajstić information content (AvgIpc) is 2.98. The Balaban J connectivity index is 0.00000338. The summed E-state index contributed by atoms with van der Waals surface area (Å²) < 4.78 is 37.6. The number of rotatable bonds is 6. The van der Waals surface area contributed by atoms with E-state index < -0.39 is 11.7 Å². The van der Waals surface area contributed by atoms with Gasteiger partial charge in [-0.15, -0.1) is 35.3 Å². The first-order chi connectivity index (χ1) is 11.9. The van der Waals surface area contributed by atoms with E-state index in [1.807, 2.05) is 20.0 Å². The molecule has 0 spiro atoms. The van der Waals surface area contributed by atoms with Crippen LogP contribution in [-0.2, 0) is 19.1 Å². The molecule has 2 N–H and O–H groups in total. The van der Waals surface area contributed by atoms with Gasteiger partial charge in [0.05, 0.1) is 17.1 Å². The smallest absolute Gasteiger partial charge is 0.357 e. The highest BCUT2D eigenvalue weighted by atomic mass is 127. The summed E-state index contributed by atoms with van der Waals surface area (Å²) in [6.45, 7) is 5.78. The van der Waals surface area contributed by atoms with E-state index in [0.717, 1.165) is 34.1 Å². The molecule has 4 nitrogen and oxygen atoms in total. The minimum Gasteiger partial charge on any atom is -0.357 e. The van der Waals surface area contributed by atoms with Crippen molar-refractivity contribution < 1.29 is 13.2 Å². The van der Waals surface area contributed by atoms with Crippen LogP contribution in [0.5, 0.6) is 0 Å². The van der Waals surface area contributed by atoms with Crippen LogP contribution < -0.4 is 10.6 Å². The molecule has 1 aromatic carbocycles. The van der Waals surface area contributed by atoms with Gasteiger partial charge < -0.3 is 10.6 Å². The molecule has 2 aromatic rings. The monoisotopic (exact) mass is 498 g/mol. The molecule has 1 aromatic heterocycles. The van der Waals surface area contributed by atoms with Crippen molar-refractivity contribution in [1.82, 2.24) is 15.6 Å². The predicted octanol–water partition coefficient (Wildman–Crippen LogP) is 4.39. The van der Waals surface area contributed by atoms with E-state index in [0.29, 0.717) is 25.5 Å². The highest BCUT2D eigenvalue weighted by Crippen LogP contribution is 2.29. The van der Waals surface area contributed by atoms with E-state index in [2.05, 4.69) is 20.6 Å². The first-order valence-corrected chi connectivity index (χ1v) is 8.79. The first-order valence-electron chi connectivity index (χ1n) is 7.98. The number of aliphatic imine (C=N–C) groups is 1. The number of thiazole rings is 1. The molecule has 0 atom stereocenters. The third-order valence-electron chi connectivity index (χ3n) is 3.39. The van der Waals surface area contributed by atoms with Crippen LogP contribution in [0.1, 0.15) is 27.9 Å². The van der Waals surface area contributed by atoms with Gasteiger partial charge >= 0.3 is 6.18 Å². The second kappa shape index (κ2) is 10.7. The van der Waals surface area contributed by atoms with Gasteiger partial charge in [-0.3, -0.25) is 0 Å². The summed E-state index contributed by atoms with van der Waals surface area (Å²) in [5.41, 5.74) is 0.216. The lowest BCUT2D eigenvalue weighted by Crippen LogP contribution is -2.38. The molecule has 0 radical (unpaired) electrons. The fraction of sp³-hybridized carbons (Fsp3) is 0.412. The molecule has 144 valence electrons. The van der Waals surface area contributed by atoms with Crippen LogP contribution in [0.3, 0.4) is 0 Å². The van der Waals surface area contributed by atoms with Gasteiger partial charge in [0.1, 0.15) is 0 Å². The lowest BCUT2D eigenvalue weighted by Gasteiger charge is -2.11. The Morgan fingerprint density at radius 3 is 2.42 bits per heavy atom. The van der Waals surface area contributed by atoms with Gasteiger partial charge in [-0.1, -0.05) is 12.1 Å². The maximum Gasteiger partial charge on any atom is 0.416 e. The van der Waals surface area contributed by atoms with E-state index in [4.69, 9.17) is 0 Å². The lowest BCUT2D eigenvalue weighted by atomic mass is 10.1. The van der Waals surface area contributed by atoms with Gasteiger partial charge in [0.25, 0.3) is 0 Å². The average molecular weight is 498 g/mol. The molecular weight excluding hydrogens is 476 g/mol. The van der Waals surface area contributed by atoms with Crippen LogP contribution in [0, 0.1) is 6.92 Å². The number of nitrogens with zero attached hydrogens (tertiary/aromatic N) is 2. The number of benzene rings is 1. The molecule has 1 heterocycles. The van der Waals surface area contributed by atoms with Crippen molar-refractivity contribution in [1.29, 1.82) is 0 Å². The Bertz CT molecular complexity index is 699. The number of hydrogen-bond acceptors (Lipinski definition) is 3. The normalized spacial score (nSPS) is 11.8. The van der Waals surface area contributed by atoms with Crippen molar-refractivity contribution in [3.05, 3.63) is 51.5 Å². The summed E-state index contributed by atoms with van der Waals surface area (Å²) in [5, 5.41) is 7.35. The molecule has 0 saturated heterocycles. The van der Waals surface area contributed by atoms with Crippen LogP contribution in [0.15, 0.2) is 35.5 Å². The number of aromatic nitrogens is 1. The number of hydrogen-bond donors (Lipinski definition) is 2. The van der Waals surface area contributed by atoms with E-state index in [-0.39, 0.29) is 24.0 Å². The number of halogens is 4.